The molecule has 0 aliphatic carbocycles. The highest BCUT2D eigenvalue weighted by Gasteiger charge is 2.24. The van der Waals surface area contributed by atoms with Gasteiger partial charge < -0.3 is 20.5 Å². The summed E-state index contributed by atoms with van der Waals surface area (Å²) in [4.78, 5) is 24.2. The first-order valence-corrected chi connectivity index (χ1v) is 6.89. The third-order valence-electron chi connectivity index (χ3n) is 3.33. The average molecular weight is 272 g/mol. The quantitative estimate of drug-likeness (QED) is 0.708. The van der Waals surface area contributed by atoms with E-state index in [0.29, 0.717) is 32.4 Å². The summed E-state index contributed by atoms with van der Waals surface area (Å²) < 4.78 is 5.23. The van der Waals surface area contributed by atoms with E-state index in [-0.39, 0.29) is 24.7 Å². The van der Waals surface area contributed by atoms with E-state index in [0.717, 1.165) is 12.8 Å². The van der Waals surface area contributed by atoms with Crippen molar-refractivity contribution in [2.75, 3.05) is 19.7 Å². The second-order valence-electron chi connectivity index (χ2n) is 5.04. The van der Waals surface area contributed by atoms with E-state index in [1.807, 2.05) is 0 Å². The second kappa shape index (κ2) is 8.12. The van der Waals surface area contributed by atoms with Gasteiger partial charge in [0.2, 0.25) is 5.91 Å². The summed E-state index contributed by atoms with van der Waals surface area (Å²) in [5, 5.41) is 8.53. The molecule has 1 amide bonds. The molecule has 1 saturated heterocycles. The number of nitrogens with zero attached hydrogens (tertiary/aromatic N) is 1. The van der Waals surface area contributed by atoms with Crippen molar-refractivity contribution in [3.63, 3.8) is 0 Å². The minimum absolute atomic E-state index is 0.0514. The van der Waals surface area contributed by atoms with Crippen molar-refractivity contribution >= 4 is 11.9 Å². The summed E-state index contributed by atoms with van der Waals surface area (Å²) in [5.41, 5.74) is 5.86. The number of ether oxygens (including phenoxy) is 1. The highest BCUT2D eigenvalue weighted by atomic mass is 16.5. The summed E-state index contributed by atoms with van der Waals surface area (Å²) >= 11 is 0. The van der Waals surface area contributed by atoms with E-state index in [1.165, 1.54) is 0 Å². The van der Waals surface area contributed by atoms with Gasteiger partial charge in [0, 0.05) is 25.6 Å². The minimum Gasteiger partial charge on any atom is -0.480 e. The number of hydrogen-bond acceptors (Lipinski definition) is 4. The Morgan fingerprint density at radius 1 is 1.42 bits per heavy atom. The highest BCUT2D eigenvalue weighted by Crippen LogP contribution is 2.15. The molecule has 1 aliphatic rings. The van der Waals surface area contributed by atoms with Gasteiger partial charge in [-0.2, -0.15) is 0 Å². The first-order chi connectivity index (χ1) is 9.02. The number of carbonyl (C=O) groups is 2. The molecule has 1 rings (SSSR count). The third kappa shape index (κ3) is 6.02. The molecule has 0 aromatic rings. The molecule has 3 N–H and O–H groups in total. The van der Waals surface area contributed by atoms with Crippen LogP contribution in [0.3, 0.4) is 0 Å². The molecule has 0 aromatic carbocycles. The van der Waals surface area contributed by atoms with Crippen molar-refractivity contribution < 1.29 is 19.4 Å². The smallest absolute Gasteiger partial charge is 0.329 e. The van der Waals surface area contributed by atoms with Gasteiger partial charge in [-0.15, -0.1) is 0 Å². The van der Waals surface area contributed by atoms with E-state index in [4.69, 9.17) is 15.6 Å². The molecule has 0 aromatic heterocycles. The lowest BCUT2D eigenvalue weighted by molar-refractivity contribution is -0.147. The van der Waals surface area contributed by atoms with Gasteiger partial charge >= 0.3 is 5.97 Å². The SMILES string of the molecule is CCCC(N)CC(=O)N1CCC(OCC(=O)O)CC1. The fourth-order valence-corrected chi connectivity index (χ4v) is 2.29. The van der Waals surface area contributed by atoms with E-state index in [2.05, 4.69) is 6.92 Å². The van der Waals surface area contributed by atoms with Crippen LogP contribution in [-0.4, -0.2) is 53.7 Å². The van der Waals surface area contributed by atoms with E-state index >= 15 is 0 Å². The van der Waals surface area contributed by atoms with Gasteiger partial charge in [-0.3, -0.25) is 4.79 Å². The van der Waals surface area contributed by atoms with Gasteiger partial charge in [0.25, 0.3) is 0 Å². The zero-order valence-corrected chi connectivity index (χ0v) is 11.5. The van der Waals surface area contributed by atoms with Crippen LogP contribution in [0.5, 0.6) is 0 Å². The Morgan fingerprint density at radius 3 is 2.58 bits per heavy atom. The molecule has 0 saturated carbocycles. The molecule has 6 nitrogen and oxygen atoms in total. The number of nitrogens with two attached hydrogens (primary N) is 1. The van der Waals surface area contributed by atoms with Crippen molar-refractivity contribution in [2.24, 2.45) is 5.73 Å². The number of hydrogen-bond donors (Lipinski definition) is 2. The van der Waals surface area contributed by atoms with Gasteiger partial charge in [-0.1, -0.05) is 13.3 Å². The lowest BCUT2D eigenvalue weighted by Crippen LogP contribution is -2.43. The molecular weight excluding hydrogens is 248 g/mol. The number of amides is 1. The van der Waals surface area contributed by atoms with Crippen molar-refractivity contribution in [3.05, 3.63) is 0 Å². The normalized spacial score (nSPS) is 18.3. The van der Waals surface area contributed by atoms with Crippen LogP contribution < -0.4 is 5.73 Å². The monoisotopic (exact) mass is 272 g/mol. The summed E-state index contributed by atoms with van der Waals surface area (Å²) in [6.07, 6.45) is 3.59. The Labute approximate surface area is 113 Å². The number of rotatable bonds is 7. The Bertz CT molecular complexity index is 301. The molecule has 0 spiro atoms. The van der Waals surface area contributed by atoms with Crippen LogP contribution in [0, 0.1) is 0 Å². The molecule has 1 unspecified atom stereocenters. The topological polar surface area (TPSA) is 92.9 Å². The number of carboxylic acid groups (broad SMARTS) is 1. The Morgan fingerprint density at radius 2 is 2.05 bits per heavy atom. The Kier molecular flexibility index (Phi) is 6.80. The Balaban J connectivity index is 2.25. The molecule has 1 atom stereocenters. The van der Waals surface area contributed by atoms with Crippen molar-refractivity contribution in [2.45, 2.75) is 51.2 Å². The van der Waals surface area contributed by atoms with E-state index in [9.17, 15) is 9.59 Å². The maximum Gasteiger partial charge on any atom is 0.329 e. The fourth-order valence-electron chi connectivity index (χ4n) is 2.29. The number of carbonyl (C=O) groups excluding carboxylic acids is 1. The van der Waals surface area contributed by atoms with Crippen LogP contribution in [-0.2, 0) is 14.3 Å². The molecule has 1 aliphatic heterocycles. The van der Waals surface area contributed by atoms with Crippen molar-refractivity contribution in [1.82, 2.24) is 4.90 Å². The molecule has 110 valence electrons. The summed E-state index contributed by atoms with van der Waals surface area (Å²) in [5.74, 6) is -0.860. The maximum absolute atomic E-state index is 12.0. The minimum atomic E-state index is -0.955. The van der Waals surface area contributed by atoms with Crippen LogP contribution in [0.1, 0.15) is 39.0 Å². The number of likely N-dealkylation sites (tertiary alicyclic amines) is 1. The van der Waals surface area contributed by atoms with Crippen LogP contribution in [0.15, 0.2) is 0 Å². The maximum atomic E-state index is 12.0. The number of piperidine rings is 1. The van der Waals surface area contributed by atoms with Crippen LogP contribution in [0.4, 0.5) is 0 Å². The summed E-state index contributed by atoms with van der Waals surface area (Å²) in [7, 11) is 0. The first kappa shape index (κ1) is 15.9. The van der Waals surface area contributed by atoms with Gasteiger partial charge in [0.1, 0.15) is 6.61 Å². The molecule has 0 bridgehead atoms. The van der Waals surface area contributed by atoms with Crippen LogP contribution in [0.2, 0.25) is 0 Å². The molecule has 1 fully saturated rings. The fraction of sp³-hybridized carbons (Fsp3) is 0.846. The first-order valence-electron chi connectivity index (χ1n) is 6.89. The van der Waals surface area contributed by atoms with Gasteiger partial charge in [0.05, 0.1) is 6.10 Å². The molecular formula is C13H24N2O4. The highest BCUT2D eigenvalue weighted by molar-refractivity contribution is 5.76. The number of aliphatic carboxylic acids is 1. The third-order valence-corrected chi connectivity index (χ3v) is 3.33. The van der Waals surface area contributed by atoms with Gasteiger partial charge in [-0.05, 0) is 19.3 Å². The number of carboxylic acids is 1. The Hall–Kier alpha value is -1.14. The van der Waals surface area contributed by atoms with Crippen LogP contribution >= 0.6 is 0 Å². The second-order valence-corrected chi connectivity index (χ2v) is 5.04. The standard InChI is InChI=1S/C13H24N2O4/c1-2-3-10(14)8-12(16)15-6-4-11(5-7-15)19-9-13(17)18/h10-11H,2-9,14H2,1H3,(H,17,18). The largest absolute Gasteiger partial charge is 0.480 e. The summed E-state index contributed by atoms with van der Waals surface area (Å²) in [6.45, 7) is 3.04. The lowest BCUT2D eigenvalue weighted by Gasteiger charge is -2.32. The van der Waals surface area contributed by atoms with Gasteiger partial charge in [-0.25, -0.2) is 4.79 Å². The molecule has 6 heteroatoms. The predicted octanol–water partition coefficient (Wildman–Crippen LogP) is 0.596. The lowest BCUT2D eigenvalue weighted by atomic mass is 10.0. The zero-order chi connectivity index (χ0) is 14.3. The van der Waals surface area contributed by atoms with E-state index < -0.39 is 5.97 Å². The average Bonchev–Trinajstić information content (AvgIpc) is 2.37. The molecule has 1 heterocycles. The van der Waals surface area contributed by atoms with Crippen molar-refractivity contribution in [1.29, 1.82) is 0 Å². The van der Waals surface area contributed by atoms with E-state index in [1.54, 1.807) is 4.90 Å². The van der Waals surface area contributed by atoms with Crippen molar-refractivity contribution in [3.8, 4) is 0 Å². The summed E-state index contributed by atoms with van der Waals surface area (Å²) in [6, 6.07) is -0.0570. The van der Waals surface area contributed by atoms with Crippen LogP contribution in [0.25, 0.3) is 0 Å². The molecule has 0 radical (unpaired) electrons. The van der Waals surface area contributed by atoms with Gasteiger partial charge in [0.15, 0.2) is 0 Å². The molecule has 19 heavy (non-hydrogen) atoms. The zero-order valence-electron chi connectivity index (χ0n) is 11.5. The predicted molar refractivity (Wildman–Crippen MR) is 70.7 cm³/mol.